The van der Waals surface area contributed by atoms with Gasteiger partial charge in [-0.05, 0) is 54.8 Å². The van der Waals surface area contributed by atoms with Gasteiger partial charge in [0, 0.05) is 12.8 Å². The molecular formula is C21H21FN2O3. The maximum absolute atomic E-state index is 13.3. The predicted molar refractivity (Wildman–Crippen MR) is 101 cm³/mol. The number of hydrogen-bond donors (Lipinski definition) is 1. The number of imide groups is 1. The fraction of sp³-hybridized carbons (Fsp3) is 0.238. The van der Waals surface area contributed by atoms with Crippen molar-refractivity contribution in [1.82, 2.24) is 4.90 Å². The number of methoxy groups -OCH3 is 1. The van der Waals surface area contributed by atoms with Crippen LogP contribution in [0.15, 0.2) is 48.2 Å². The Kier molecular flexibility index (Phi) is 5.37. The van der Waals surface area contributed by atoms with Crippen LogP contribution < -0.4 is 5.32 Å². The Morgan fingerprint density at radius 2 is 1.63 bits per heavy atom. The first kappa shape index (κ1) is 18.8. The van der Waals surface area contributed by atoms with Crippen LogP contribution in [0.25, 0.3) is 5.57 Å². The number of anilines is 1. The Morgan fingerprint density at radius 1 is 1.00 bits per heavy atom. The van der Waals surface area contributed by atoms with Crippen molar-refractivity contribution >= 4 is 23.1 Å². The van der Waals surface area contributed by atoms with Crippen molar-refractivity contribution in [3.63, 3.8) is 0 Å². The SMILES string of the molecule is COCCN1C(=O)C(Nc2cc(C)cc(C)c2)=C(c2ccc(F)cc2)C1=O. The number of rotatable bonds is 6. The third kappa shape index (κ3) is 3.90. The molecular weight excluding hydrogens is 347 g/mol. The van der Waals surface area contributed by atoms with Gasteiger partial charge in [0.1, 0.15) is 11.5 Å². The summed E-state index contributed by atoms with van der Waals surface area (Å²) in [6, 6.07) is 11.4. The lowest BCUT2D eigenvalue weighted by molar-refractivity contribution is -0.137. The molecule has 0 unspecified atom stereocenters. The van der Waals surface area contributed by atoms with Crippen molar-refractivity contribution in [3.05, 3.63) is 70.7 Å². The molecule has 0 aliphatic carbocycles. The molecule has 0 atom stereocenters. The number of hydrogen-bond acceptors (Lipinski definition) is 4. The minimum Gasteiger partial charge on any atom is -0.383 e. The zero-order valence-electron chi connectivity index (χ0n) is 15.5. The molecule has 1 N–H and O–H groups in total. The maximum atomic E-state index is 13.3. The van der Waals surface area contributed by atoms with Crippen LogP contribution in [0.2, 0.25) is 0 Å². The van der Waals surface area contributed by atoms with E-state index in [1.807, 2.05) is 32.0 Å². The monoisotopic (exact) mass is 368 g/mol. The molecule has 2 amide bonds. The van der Waals surface area contributed by atoms with Gasteiger partial charge in [-0.2, -0.15) is 0 Å². The van der Waals surface area contributed by atoms with Crippen LogP contribution in [-0.4, -0.2) is 37.0 Å². The van der Waals surface area contributed by atoms with E-state index >= 15 is 0 Å². The molecule has 0 saturated carbocycles. The van der Waals surface area contributed by atoms with E-state index < -0.39 is 17.6 Å². The highest BCUT2D eigenvalue weighted by atomic mass is 19.1. The fourth-order valence-corrected chi connectivity index (χ4v) is 3.15. The van der Waals surface area contributed by atoms with Crippen LogP contribution in [0.4, 0.5) is 10.1 Å². The number of ether oxygens (including phenoxy) is 1. The van der Waals surface area contributed by atoms with E-state index in [1.54, 1.807) is 0 Å². The summed E-state index contributed by atoms with van der Waals surface area (Å²) in [5.74, 6) is -1.25. The van der Waals surface area contributed by atoms with E-state index in [1.165, 1.54) is 31.4 Å². The molecule has 0 radical (unpaired) electrons. The van der Waals surface area contributed by atoms with Crippen LogP contribution in [0.3, 0.4) is 0 Å². The number of aryl methyl sites for hydroxylation is 2. The molecule has 2 aromatic carbocycles. The molecule has 27 heavy (non-hydrogen) atoms. The molecule has 0 saturated heterocycles. The Labute approximate surface area is 157 Å². The third-order valence-electron chi connectivity index (χ3n) is 4.31. The Morgan fingerprint density at radius 3 is 2.22 bits per heavy atom. The van der Waals surface area contributed by atoms with Crippen LogP contribution in [0, 0.1) is 19.7 Å². The minimum atomic E-state index is -0.421. The number of carbonyl (C=O) groups excluding carboxylic acids is 2. The summed E-state index contributed by atoms with van der Waals surface area (Å²) < 4.78 is 18.3. The summed E-state index contributed by atoms with van der Waals surface area (Å²) in [6.07, 6.45) is 0. The van der Waals surface area contributed by atoms with Crippen molar-refractivity contribution in [2.45, 2.75) is 13.8 Å². The number of nitrogens with zero attached hydrogens (tertiary/aromatic N) is 1. The second kappa shape index (κ2) is 7.72. The quantitative estimate of drug-likeness (QED) is 0.795. The molecule has 2 aromatic rings. The maximum Gasteiger partial charge on any atom is 0.278 e. The van der Waals surface area contributed by atoms with Crippen LogP contribution in [0.5, 0.6) is 0 Å². The van der Waals surface area contributed by atoms with Crippen molar-refractivity contribution in [2.75, 3.05) is 25.6 Å². The molecule has 5 nitrogen and oxygen atoms in total. The Hall–Kier alpha value is -2.99. The highest BCUT2D eigenvalue weighted by molar-refractivity contribution is 6.36. The molecule has 6 heteroatoms. The molecule has 0 bridgehead atoms. The first-order chi connectivity index (χ1) is 12.9. The van der Waals surface area contributed by atoms with Gasteiger partial charge in [-0.25, -0.2) is 4.39 Å². The normalized spacial score (nSPS) is 14.3. The summed E-state index contributed by atoms with van der Waals surface area (Å²) in [4.78, 5) is 26.9. The zero-order chi connectivity index (χ0) is 19.6. The van der Waals surface area contributed by atoms with Crippen molar-refractivity contribution in [3.8, 4) is 0 Å². The molecule has 140 valence electrons. The summed E-state index contributed by atoms with van der Waals surface area (Å²) in [6.45, 7) is 4.31. The largest absolute Gasteiger partial charge is 0.383 e. The lowest BCUT2D eigenvalue weighted by atomic mass is 10.0. The standard InChI is InChI=1S/C21H21FN2O3/c1-13-10-14(2)12-17(11-13)23-19-18(15-4-6-16(22)7-5-15)20(25)24(21(19)26)8-9-27-3/h4-7,10-12,23H,8-9H2,1-3H3. The van der Waals surface area contributed by atoms with Gasteiger partial charge in [0.15, 0.2) is 0 Å². The molecule has 1 aliphatic rings. The van der Waals surface area contributed by atoms with Gasteiger partial charge >= 0.3 is 0 Å². The second-order valence-corrected chi connectivity index (χ2v) is 6.51. The molecule has 1 aliphatic heterocycles. The second-order valence-electron chi connectivity index (χ2n) is 6.51. The van der Waals surface area contributed by atoms with Gasteiger partial charge < -0.3 is 10.1 Å². The first-order valence-corrected chi connectivity index (χ1v) is 8.61. The van der Waals surface area contributed by atoms with Gasteiger partial charge in [0.2, 0.25) is 0 Å². The van der Waals surface area contributed by atoms with Gasteiger partial charge in [-0.15, -0.1) is 0 Å². The molecule has 0 spiro atoms. The molecule has 0 aromatic heterocycles. The van der Waals surface area contributed by atoms with Crippen LogP contribution in [0.1, 0.15) is 16.7 Å². The van der Waals surface area contributed by atoms with E-state index in [0.29, 0.717) is 5.56 Å². The number of halogens is 1. The van der Waals surface area contributed by atoms with Crippen molar-refractivity contribution in [2.24, 2.45) is 0 Å². The number of carbonyl (C=O) groups is 2. The molecule has 1 heterocycles. The van der Waals surface area contributed by atoms with Gasteiger partial charge in [-0.1, -0.05) is 18.2 Å². The summed E-state index contributed by atoms with van der Waals surface area (Å²) in [7, 11) is 1.51. The lowest BCUT2D eigenvalue weighted by Gasteiger charge is -2.14. The van der Waals surface area contributed by atoms with E-state index in [0.717, 1.165) is 21.7 Å². The van der Waals surface area contributed by atoms with Crippen molar-refractivity contribution in [1.29, 1.82) is 0 Å². The number of amides is 2. The predicted octanol–water partition coefficient (Wildman–Crippen LogP) is 3.28. The van der Waals surface area contributed by atoms with Crippen LogP contribution in [-0.2, 0) is 14.3 Å². The molecule has 0 fully saturated rings. The minimum absolute atomic E-state index is 0.150. The first-order valence-electron chi connectivity index (χ1n) is 8.61. The zero-order valence-corrected chi connectivity index (χ0v) is 15.5. The van der Waals surface area contributed by atoms with Gasteiger partial charge in [-0.3, -0.25) is 14.5 Å². The van der Waals surface area contributed by atoms with Crippen molar-refractivity contribution < 1.29 is 18.7 Å². The van der Waals surface area contributed by atoms with E-state index in [-0.39, 0.29) is 24.4 Å². The fourth-order valence-electron chi connectivity index (χ4n) is 3.15. The average Bonchev–Trinajstić information content (AvgIpc) is 2.83. The lowest BCUT2D eigenvalue weighted by Crippen LogP contribution is -2.35. The summed E-state index contributed by atoms with van der Waals surface area (Å²) in [5, 5.41) is 3.11. The van der Waals surface area contributed by atoms with Crippen LogP contribution >= 0.6 is 0 Å². The highest BCUT2D eigenvalue weighted by Crippen LogP contribution is 2.31. The number of nitrogens with one attached hydrogen (secondary N) is 1. The van der Waals surface area contributed by atoms with E-state index in [4.69, 9.17) is 4.74 Å². The Balaban J connectivity index is 2.05. The smallest absolute Gasteiger partial charge is 0.278 e. The highest BCUT2D eigenvalue weighted by Gasteiger charge is 2.38. The topological polar surface area (TPSA) is 58.6 Å². The summed E-state index contributed by atoms with van der Waals surface area (Å²) >= 11 is 0. The van der Waals surface area contributed by atoms with Gasteiger partial charge in [0.05, 0.1) is 18.7 Å². The van der Waals surface area contributed by atoms with Gasteiger partial charge in [0.25, 0.3) is 11.8 Å². The summed E-state index contributed by atoms with van der Waals surface area (Å²) in [5.41, 5.74) is 3.70. The third-order valence-corrected chi connectivity index (χ3v) is 4.31. The van der Waals surface area contributed by atoms with E-state index in [9.17, 15) is 14.0 Å². The average molecular weight is 368 g/mol. The Bertz CT molecular complexity index is 899. The molecule has 3 rings (SSSR count). The van der Waals surface area contributed by atoms with E-state index in [2.05, 4.69) is 5.32 Å². The number of benzene rings is 2.